The Labute approximate surface area is 123 Å². The maximum absolute atomic E-state index is 4.42. The number of aliphatic imine (C=N–C) groups is 1. The molecular weight excluding hydrogens is 246 g/mol. The standard InChI is InChI=1S/C17H27N3/c1-16-19-12-14-20(16)13-8-3-2-7-11-18-15-17-9-5-4-6-10-17/h4-6,9-10,18H,2-3,7-8,11-15H2,1H3. The minimum absolute atomic E-state index is 0.990. The van der Waals surface area contributed by atoms with Crippen LogP contribution in [0.1, 0.15) is 38.2 Å². The Morgan fingerprint density at radius 1 is 1.10 bits per heavy atom. The Balaban J connectivity index is 1.41. The molecule has 1 aromatic carbocycles. The molecule has 1 N–H and O–H groups in total. The molecular formula is C17H27N3. The predicted molar refractivity (Wildman–Crippen MR) is 86.2 cm³/mol. The summed E-state index contributed by atoms with van der Waals surface area (Å²) in [5.41, 5.74) is 1.37. The number of rotatable bonds is 9. The normalized spacial score (nSPS) is 14.7. The van der Waals surface area contributed by atoms with Crippen molar-refractivity contribution in [2.24, 2.45) is 4.99 Å². The average molecular weight is 273 g/mol. The van der Waals surface area contributed by atoms with E-state index in [0.717, 1.165) is 26.2 Å². The molecule has 0 bridgehead atoms. The molecule has 2 rings (SSSR count). The highest BCUT2D eigenvalue weighted by molar-refractivity contribution is 5.81. The Morgan fingerprint density at radius 2 is 1.90 bits per heavy atom. The van der Waals surface area contributed by atoms with Crippen molar-refractivity contribution in [3.63, 3.8) is 0 Å². The maximum atomic E-state index is 4.42. The van der Waals surface area contributed by atoms with Gasteiger partial charge in [0.05, 0.1) is 12.4 Å². The molecule has 1 aliphatic heterocycles. The van der Waals surface area contributed by atoms with Gasteiger partial charge in [-0.3, -0.25) is 4.99 Å². The summed E-state index contributed by atoms with van der Waals surface area (Å²) in [5.74, 6) is 1.23. The molecule has 0 spiro atoms. The summed E-state index contributed by atoms with van der Waals surface area (Å²) in [4.78, 5) is 6.83. The largest absolute Gasteiger partial charge is 0.359 e. The molecule has 1 heterocycles. The third-order valence-corrected chi connectivity index (χ3v) is 3.87. The minimum Gasteiger partial charge on any atom is -0.359 e. The molecule has 0 atom stereocenters. The van der Waals surface area contributed by atoms with Crippen LogP contribution in [-0.2, 0) is 6.54 Å². The first kappa shape index (κ1) is 15.0. The Bertz CT molecular complexity index is 400. The van der Waals surface area contributed by atoms with Gasteiger partial charge in [-0.25, -0.2) is 0 Å². The van der Waals surface area contributed by atoms with Crippen molar-refractivity contribution in [3.05, 3.63) is 35.9 Å². The first-order valence-corrected chi connectivity index (χ1v) is 7.87. The van der Waals surface area contributed by atoms with Crippen LogP contribution < -0.4 is 5.32 Å². The van der Waals surface area contributed by atoms with Gasteiger partial charge in [-0.05, 0) is 31.9 Å². The summed E-state index contributed by atoms with van der Waals surface area (Å²) in [6, 6.07) is 10.6. The average Bonchev–Trinajstić information content (AvgIpc) is 2.88. The molecule has 110 valence electrons. The summed E-state index contributed by atoms with van der Waals surface area (Å²) in [7, 11) is 0. The van der Waals surface area contributed by atoms with Crippen molar-refractivity contribution in [1.82, 2.24) is 10.2 Å². The zero-order chi connectivity index (χ0) is 14.0. The fraction of sp³-hybridized carbons (Fsp3) is 0.588. The highest BCUT2D eigenvalue weighted by Gasteiger charge is 2.10. The van der Waals surface area contributed by atoms with Crippen LogP contribution in [0.25, 0.3) is 0 Å². The van der Waals surface area contributed by atoms with Crippen LogP contribution in [0.2, 0.25) is 0 Å². The van der Waals surface area contributed by atoms with Crippen LogP contribution in [0.4, 0.5) is 0 Å². The highest BCUT2D eigenvalue weighted by Crippen LogP contribution is 2.06. The van der Waals surface area contributed by atoms with Crippen LogP contribution in [0.5, 0.6) is 0 Å². The lowest BCUT2D eigenvalue weighted by atomic mass is 10.2. The smallest absolute Gasteiger partial charge is 0.0958 e. The number of nitrogens with zero attached hydrogens (tertiary/aromatic N) is 2. The molecule has 0 amide bonds. The third-order valence-electron chi connectivity index (χ3n) is 3.87. The van der Waals surface area contributed by atoms with Crippen molar-refractivity contribution in [3.8, 4) is 0 Å². The van der Waals surface area contributed by atoms with Crippen molar-refractivity contribution in [2.45, 2.75) is 39.2 Å². The van der Waals surface area contributed by atoms with Gasteiger partial charge in [0.15, 0.2) is 0 Å². The van der Waals surface area contributed by atoms with E-state index in [1.54, 1.807) is 0 Å². The van der Waals surface area contributed by atoms with E-state index in [-0.39, 0.29) is 0 Å². The van der Waals surface area contributed by atoms with Gasteiger partial charge in [0.25, 0.3) is 0 Å². The van der Waals surface area contributed by atoms with E-state index in [1.165, 1.54) is 43.6 Å². The van der Waals surface area contributed by atoms with E-state index < -0.39 is 0 Å². The van der Waals surface area contributed by atoms with Crippen LogP contribution >= 0.6 is 0 Å². The van der Waals surface area contributed by atoms with E-state index in [4.69, 9.17) is 0 Å². The quantitative estimate of drug-likeness (QED) is 0.700. The number of unbranched alkanes of at least 4 members (excludes halogenated alkanes) is 3. The van der Waals surface area contributed by atoms with E-state index in [0.29, 0.717) is 0 Å². The third kappa shape index (κ3) is 5.33. The summed E-state index contributed by atoms with van der Waals surface area (Å²) in [6.07, 6.45) is 5.23. The SMILES string of the molecule is CC1=NCCN1CCCCCCNCc1ccccc1. The summed E-state index contributed by atoms with van der Waals surface area (Å²) < 4.78 is 0. The second-order valence-corrected chi connectivity index (χ2v) is 5.49. The van der Waals surface area contributed by atoms with E-state index in [2.05, 4.69) is 52.5 Å². The van der Waals surface area contributed by atoms with E-state index in [9.17, 15) is 0 Å². The first-order chi connectivity index (χ1) is 9.86. The Morgan fingerprint density at radius 3 is 2.65 bits per heavy atom. The molecule has 0 radical (unpaired) electrons. The molecule has 0 unspecified atom stereocenters. The first-order valence-electron chi connectivity index (χ1n) is 7.87. The fourth-order valence-corrected chi connectivity index (χ4v) is 2.60. The molecule has 3 nitrogen and oxygen atoms in total. The van der Waals surface area contributed by atoms with Gasteiger partial charge in [0, 0.05) is 19.6 Å². The molecule has 1 aliphatic rings. The van der Waals surface area contributed by atoms with Crippen LogP contribution in [0.15, 0.2) is 35.3 Å². The number of benzene rings is 1. The van der Waals surface area contributed by atoms with Gasteiger partial charge in [0.2, 0.25) is 0 Å². The van der Waals surface area contributed by atoms with Gasteiger partial charge in [0.1, 0.15) is 0 Å². The number of amidine groups is 1. The van der Waals surface area contributed by atoms with Gasteiger partial charge in [-0.1, -0.05) is 43.2 Å². The van der Waals surface area contributed by atoms with Crippen LogP contribution in [0.3, 0.4) is 0 Å². The van der Waals surface area contributed by atoms with Crippen molar-refractivity contribution >= 4 is 5.84 Å². The zero-order valence-corrected chi connectivity index (χ0v) is 12.6. The van der Waals surface area contributed by atoms with Gasteiger partial charge >= 0.3 is 0 Å². The molecule has 0 saturated carbocycles. The lowest BCUT2D eigenvalue weighted by Gasteiger charge is -2.17. The number of hydrogen-bond acceptors (Lipinski definition) is 3. The zero-order valence-electron chi connectivity index (χ0n) is 12.6. The number of nitrogens with one attached hydrogen (secondary N) is 1. The number of hydrogen-bond donors (Lipinski definition) is 1. The summed E-state index contributed by atoms with van der Waals surface area (Å²) >= 11 is 0. The van der Waals surface area contributed by atoms with Gasteiger partial charge < -0.3 is 10.2 Å². The summed E-state index contributed by atoms with van der Waals surface area (Å²) in [5, 5.41) is 3.51. The lowest BCUT2D eigenvalue weighted by molar-refractivity contribution is 0.429. The van der Waals surface area contributed by atoms with Crippen LogP contribution in [-0.4, -0.2) is 36.9 Å². The van der Waals surface area contributed by atoms with Gasteiger partial charge in [-0.2, -0.15) is 0 Å². The second kappa shape index (κ2) is 8.75. The lowest BCUT2D eigenvalue weighted by Crippen LogP contribution is -2.26. The van der Waals surface area contributed by atoms with Crippen molar-refractivity contribution < 1.29 is 0 Å². The molecule has 0 saturated heterocycles. The summed E-state index contributed by atoms with van der Waals surface area (Å²) in [6.45, 7) is 7.55. The Hall–Kier alpha value is -1.35. The van der Waals surface area contributed by atoms with Crippen molar-refractivity contribution in [1.29, 1.82) is 0 Å². The van der Waals surface area contributed by atoms with Gasteiger partial charge in [-0.15, -0.1) is 0 Å². The van der Waals surface area contributed by atoms with Crippen molar-refractivity contribution in [2.75, 3.05) is 26.2 Å². The van der Waals surface area contributed by atoms with E-state index >= 15 is 0 Å². The van der Waals surface area contributed by atoms with E-state index in [1.807, 2.05) is 0 Å². The molecule has 0 fully saturated rings. The highest BCUT2D eigenvalue weighted by atomic mass is 15.2. The molecule has 3 heteroatoms. The van der Waals surface area contributed by atoms with Crippen LogP contribution in [0, 0.1) is 0 Å². The predicted octanol–water partition coefficient (Wildman–Crippen LogP) is 3.07. The maximum Gasteiger partial charge on any atom is 0.0958 e. The monoisotopic (exact) mass is 273 g/mol. The molecule has 20 heavy (non-hydrogen) atoms. The minimum atomic E-state index is 0.990. The fourth-order valence-electron chi connectivity index (χ4n) is 2.60. The Kier molecular flexibility index (Phi) is 6.58. The topological polar surface area (TPSA) is 27.6 Å². The molecule has 0 aromatic heterocycles. The molecule has 0 aliphatic carbocycles. The second-order valence-electron chi connectivity index (χ2n) is 5.49. The molecule has 1 aromatic rings.